The Morgan fingerprint density at radius 3 is 2.83 bits per heavy atom. The van der Waals surface area contributed by atoms with Gasteiger partial charge in [0.2, 0.25) is 0 Å². The number of amides is 1. The van der Waals surface area contributed by atoms with Crippen molar-refractivity contribution in [2.75, 3.05) is 0 Å². The van der Waals surface area contributed by atoms with Gasteiger partial charge in [-0.3, -0.25) is 14.0 Å². The van der Waals surface area contributed by atoms with Crippen LogP contribution in [0, 0.1) is 6.92 Å². The lowest BCUT2D eigenvalue weighted by Gasteiger charge is -2.14. The van der Waals surface area contributed by atoms with Crippen molar-refractivity contribution in [3.05, 3.63) is 46.0 Å². The zero-order valence-electron chi connectivity index (χ0n) is 13.1. The lowest BCUT2D eigenvalue weighted by atomic mass is 10.1. The Labute approximate surface area is 133 Å². The van der Waals surface area contributed by atoms with Gasteiger partial charge in [0.25, 0.3) is 11.5 Å². The van der Waals surface area contributed by atoms with E-state index in [9.17, 15) is 14.4 Å². The Balaban J connectivity index is 2.32. The van der Waals surface area contributed by atoms with Crippen LogP contribution in [0.3, 0.4) is 0 Å². The van der Waals surface area contributed by atoms with Crippen molar-refractivity contribution in [3.8, 4) is 0 Å². The molecule has 7 heteroatoms. The van der Waals surface area contributed by atoms with E-state index in [1.165, 1.54) is 16.8 Å². The highest BCUT2D eigenvalue weighted by Crippen LogP contribution is 2.06. The molecular formula is C16H19N3O4. The summed E-state index contributed by atoms with van der Waals surface area (Å²) >= 11 is 0. The topological polar surface area (TPSA) is 101 Å². The second-order valence-electron chi connectivity index (χ2n) is 5.37. The zero-order chi connectivity index (χ0) is 17.0. The smallest absolute Gasteiger partial charge is 0.326 e. The summed E-state index contributed by atoms with van der Waals surface area (Å²) < 4.78 is 1.28. The van der Waals surface area contributed by atoms with Crippen LogP contribution in [0.15, 0.2) is 29.3 Å². The fourth-order valence-corrected chi connectivity index (χ4v) is 2.30. The number of hydrogen-bond acceptors (Lipinski definition) is 4. The third-order valence-electron chi connectivity index (χ3n) is 3.62. The first kappa shape index (κ1) is 16.7. The summed E-state index contributed by atoms with van der Waals surface area (Å²) in [7, 11) is 0. The van der Waals surface area contributed by atoms with Crippen LogP contribution in [0.2, 0.25) is 0 Å². The van der Waals surface area contributed by atoms with Gasteiger partial charge >= 0.3 is 5.97 Å². The van der Waals surface area contributed by atoms with E-state index in [1.807, 2.05) is 19.9 Å². The van der Waals surface area contributed by atoms with Crippen LogP contribution in [0.25, 0.3) is 5.65 Å². The molecule has 0 fully saturated rings. The first-order chi connectivity index (χ1) is 11.0. The van der Waals surface area contributed by atoms with Crippen LogP contribution < -0.4 is 10.9 Å². The number of carboxylic acid groups (broad SMARTS) is 1. The third-order valence-corrected chi connectivity index (χ3v) is 3.62. The van der Waals surface area contributed by atoms with E-state index in [0.29, 0.717) is 18.5 Å². The number of carbonyl (C=O) groups excluding carboxylic acids is 1. The van der Waals surface area contributed by atoms with Gasteiger partial charge < -0.3 is 10.4 Å². The van der Waals surface area contributed by atoms with Gasteiger partial charge in [0, 0.05) is 12.4 Å². The molecule has 2 aromatic rings. The van der Waals surface area contributed by atoms with Crippen LogP contribution in [-0.4, -0.2) is 32.4 Å². The average molecular weight is 317 g/mol. The minimum atomic E-state index is -1.11. The summed E-state index contributed by atoms with van der Waals surface area (Å²) in [6, 6.07) is 2.49. The van der Waals surface area contributed by atoms with Crippen LogP contribution in [0.5, 0.6) is 0 Å². The largest absolute Gasteiger partial charge is 0.480 e. The number of unbranched alkanes of at least 4 members (excludes halogenated alkanes) is 1. The number of fused-ring (bicyclic) bond motifs is 1. The van der Waals surface area contributed by atoms with Gasteiger partial charge in [-0.25, -0.2) is 9.78 Å². The maximum Gasteiger partial charge on any atom is 0.326 e. The lowest BCUT2D eigenvalue weighted by molar-refractivity contribution is -0.139. The highest BCUT2D eigenvalue weighted by atomic mass is 16.4. The van der Waals surface area contributed by atoms with Gasteiger partial charge in [-0.15, -0.1) is 0 Å². The average Bonchev–Trinajstić information content (AvgIpc) is 2.52. The van der Waals surface area contributed by atoms with Crippen molar-refractivity contribution in [1.29, 1.82) is 0 Å². The Kier molecular flexibility index (Phi) is 5.10. The molecule has 1 amide bonds. The molecule has 0 saturated heterocycles. The normalized spacial score (nSPS) is 12.1. The number of carboxylic acids is 1. The molecule has 0 radical (unpaired) electrons. The molecule has 122 valence electrons. The Morgan fingerprint density at radius 2 is 2.17 bits per heavy atom. The molecular weight excluding hydrogens is 298 g/mol. The Hall–Kier alpha value is -2.70. The van der Waals surface area contributed by atoms with E-state index in [4.69, 9.17) is 5.11 Å². The molecule has 0 unspecified atom stereocenters. The number of aromatic nitrogens is 2. The predicted molar refractivity (Wildman–Crippen MR) is 84.6 cm³/mol. The summed E-state index contributed by atoms with van der Waals surface area (Å²) in [6.45, 7) is 3.75. The second-order valence-corrected chi connectivity index (χ2v) is 5.37. The number of aliphatic carboxylic acids is 1. The molecule has 1 atom stereocenters. The van der Waals surface area contributed by atoms with Gasteiger partial charge in [0.05, 0.1) is 0 Å². The van der Waals surface area contributed by atoms with E-state index < -0.39 is 23.5 Å². The van der Waals surface area contributed by atoms with Gasteiger partial charge in [0.15, 0.2) is 0 Å². The fraction of sp³-hybridized carbons (Fsp3) is 0.375. The quantitative estimate of drug-likeness (QED) is 0.838. The molecule has 0 aromatic carbocycles. The number of hydrogen-bond donors (Lipinski definition) is 2. The number of aryl methyl sites for hydroxylation is 1. The lowest BCUT2D eigenvalue weighted by Crippen LogP contribution is -2.43. The first-order valence-corrected chi connectivity index (χ1v) is 7.46. The summed E-state index contributed by atoms with van der Waals surface area (Å²) in [5.74, 6) is -1.83. The maximum atomic E-state index is 12.4. The molecule has 23 heavy (non-hydrogen) atoms. The fourth-order valence-electron chi connectivity index (χ4n) is 2.30. The molecule has 7 nitrogen and oxygen atoms in total. The predicted octanol–water partition coefficient (Wildman–Crippen LogP) is 1.38. The summed E-state index contributed by atoms with van der Waals surface area (Å²) in [5, 5.41) is 11.6. The zero-order valence-corrected chi connectivity index (χ0v) is 13.1. The van der Waals surface area contributed by atoms with E-state index in [-0.39, 0.29) is 5.56 Å². The third kappa shape index (κ3) is 3.56. The SMILES string of the molecule is CCCC[C@H](NC(=O)c1cnc2c(C)cccn2c1=O)C(=O)O. The molecule has 2 N–H and O–H groups in total. The maximum absolute atomic E-state index is 12.4. The first-order valence-electron chi connectivity index (χ1n) is 7.46. The molecule has 0 aliphatic rings. The van der Waals surface area contributed by atoms with Gasteiger partial charge in [-0.05, 0) is 25.0 Å². The standard InChI is InChI=1S/C16H19N3O4/c1-3-4-7-12(16(22)23)18-14(20)11-9-17-13-10(2)6-5-8-19(13)15(11)21/h5-6,8-9,12H,3-4,7H2,1-2H3,(H,18,20)(H,22,23)/t12-/m0/s1. The van der Waals surface area contributed by atoms with E-state index >= 15 is 0 Å². The van der Waals surface area contributed by atoms with E-state index in [2.05, 4.69) is 10.3 Å². The van der Waals surface area contributed by atoms with Crippen molar-refractivity contribution in [3.63, 3.8) is 0 Å². The van der Waals surface area contributed by atoms with Crippen molar-refractivity contribution in [2.24, 2.45) is 0 Å². The van der Waals surface area contributed by atoms with E-state index in [0.717, 1.165) is 12.0 Å². The summed E-state index contributed by atoms with van der Waals surface area (Å²) in [5.41, 5.74) is 0.587. The number of nitrogens with zero attached hydrogens (tertiary/aromatic N) is 2. The summed E-state index contributed by atoms with van der Waals surface area (Å²) in [4.78, 5) is 40.0. The number of rotatable bonds is 6. The van der Waals surface area contributed by atoms with Crippen molar-refractivity contribution in [1.82, 2.24) is 14.7 Å². The van der Waals surface area contributed by atoms with Crippen molar-refractivity contribution in [2.45, 2.75) is 39.2 Å². The van der Waals surface area contributed by atoms with E-state index in [1.54, 1.807) is 6.07 Å². The monoisotopic (exact) mass is 317 g/mol. The number of nitrogens with one attached hydrogen (secondary N) is 1. The highest BCUT2D eigenvalue weighted by molar-refractivity contribution is 5.96. The summed E-state index contributed by atoms with van der Waals surface area (Å²) in [6.07, 6.45) is 4.53. The molecule has 0 aliphatic heterocycles. The van der Waals surface area contributed by atoms with Gasteiger partial charge in [-0.2, -0.15) is 0 Å². The second kappa shape index (κ2) is 7.04. The molecule has 0 spiro atoms. The number of pyridine rings is 1. The highest BCUT2D eigenvalue weighted by Gasteiger charge is 2.22. The molecule has 0 bridgehead atoms. The molecule has 2 rings (SSSR count). The molecule has 2 heterocycles. The van der Waals surface area contributed by atoms with Crippen molar-refractivity contribution < 1.29 is 14.7 Å². The van der Waals surface area contributed by atoms with Crippen LogP contribution in [0.4, 0.5) is 0 Å². The van der Waals surface area contributed by atoms with Crippen molar-refractivity contribution >= 4 is 17.5 Å². The minimum Gasteiger partial charge on any atom is -0.480 e. The molecule has 0 aliphatic carbocycles. The van der Waals surface area contributed by atoms with Crippen LogP contribution in [-0.2, 0) is 4.79 Å². The van der Waals surface area contributed by atoms with Crippen LogP contribution in [0.1, 0.15) is 42.1 Å². The van der Waals surface area contributed by atoms with Gasteiger partial charge in [0.1, 0.15) is 17.3 Å². The minimum absolute atomic E-state index is 0.171. The van der Waals surface area contributed by atoms with Crippen LogP contribution >= 0.6 is 0 Å². The Morgan fingerprint density at radius 1 is 1.43 bits per heavy atom. The number of carbonyl (C=O) groups is 2. The Bertz CT molecular complexity index is 798. The molecule has 0 saturated carbocycles. The van der Waals surface area contributed by atoms with Gasteiger partial charge in [-0.1, -0.05) is 25.8 Å². The molecule has 2 aromatic heterocycles.